The van der Waals surface area contributed by atoms with Gasteiger partial charge in [0.15, 0.2) is 6.54 Å². The van der Waals surface area contributed by atoms with Crippen molar-refractivity contribution < 1.29 is 18.8 Å². The van der Waals surface area contributed by atoms with Crippen LogP contribution in [0.1, 0.15) is 5.56 Å². The van der Waals surface area contributed by atoms with E-state index in [2.05, 4.69) is 5.32 Å². The molecule has 1 aliphatic rings. The second-order valence-electron chi connectivity index (χ2n) is 5.16. The average Bonchev–Trinajstić information content (AvgIpc) is 2.46. The summed E-state index contributed by atoms with van der Waals surface area (Å²) < 4.78 is 10.4. The van der Waals surface area contributed by atoms with E-state index in [4.69, 9.17) is 9.15 Å². The van der Waals surface area contributed by atoms with Crippen LogP contribution in [0.15, 0.2) is 33.5 Å². The molecular formula is C15H17N2O4+. The summed E-state index contributed by atoms with van der Waals surface area (Å²) in [6.45, 7) is 2.57. The lowest BCUT2D eigenvalue weighted by Crippen LogP contribution is -3.14. The second-order valence-corrected chi connectivity index (χ2v) is 5.16. The van der Waals surface area contributed by atoms with Crippen LogP contribution >= 0.6 is 0 Å². The Balaban J connectivity index is 1.97. The Bertz CT molecular complexity index is 738. The van der Waals surface area contributed by atoms with Gasteiger partial charge >= 0.3 is 5.63 Å². The molecular weight excluding hydrogens is 272 g/mol. The third-order valence-corrected chi connectivity index (χ3v) is 3.69. The molecule has 3 rings (SSSR count). The molecule has 1 aromatic heterocycles. The van der Waals surface area contributed by atoms with Crippen LogP contribution in [0, 0.1) is 0 Å². The van der Waals surface area contributed by atoms with Crippen molar-refractivity contribution in [3.63, 3.8) is 0 Å². The van der Waals surface area contributed by atoms with E-state index < -0.39 is 0 Å². The average molecular weight is 289 g/mol. The number of carbonyl (C=O) groups is 1. The topological polar surface area (TPSA) is 73.0 Å². The highest BCUT2D eigenvalue weighted by Gasteiger charge is 2.21. The van der Waals surface area contributed by atoms with Crippen molar-refractivity contribution in [3.8, 4) is 5.75 Å². The monoisotopic (exact) mass is 289 g/mol. The van der Waals surface area contributed by atoms with E-state index in [-0.39, 0.29) is 11.5 Å². The zero-order chi connectivity index (χ0) is 14.8. The Morgan fingerprint density at radius 2 is 2.19 bits per heavy atom. The Labute approximate surface area is 121 Å². The lowest BCUT2D eigenvalue weighted by Gasteiger charge is -2.23. The summed E-state index contributed by atoms with van der Waals surface area (Å²) >= 11 is 0. The fraction of sp³-hybridized carbons (Fsp3) is 0.333. The molecule has 0 spiro atoms. The summed E-state index contributed by atoms with van der Waals surface area (Å²) in [4.78, 5) is 24.3. The predicted molar refractivity (Wildman–Crippen MR) is 76.4 cm³/mol. The minimum Gasteiger partial charge on any atom is -0.497 e. The first-order valence-corrected chi connectivity index (χ1v) is 6.87. The molecule has 1 aromatic carbocycles. The van der Waals surface area contributed by atoms with Crippen molar-refractivity contribution in [1.82, 2.24) is 5.32 Å². The molecule has 0 radical (unpaired) electrons. The lowest BCUT2D eigenvalue weighted by atomic mass is 10.1. The number of piperazine rings is 1. The van der Waals surface area contributed by atoms with Crippen LogP contribution in [0.4, 0.5) is 0 Å². The first kappa shape index (κ1) is 13.6. The fourth-order valence-corrected chi connectivity index (χ4v) is 2.66. The number of ether oxygens (including phenoxy) is 1. The Kier molecular flexibility index (Phi) is 3.62. The van der Waals surface area contributed by atoms with Gasteiger partial charge in [0.2, 0.25) is 0 Å². The number of fused-ring (bicyclic) bond motifs is 1. The van der Waals surface area contributed by atoms with Crippen molar-refractivity contribution in [3.05, 3.63) is 40.2 Å². The molecule has 0 saturated carbocycles. The molecule has 1 aliphatic heterocycles. The van der Waals surface area contributed by atoms with Crippen molar-refractivity contribution in [2.24, 2.45) is 0 Å². The number of methoxy groups -OCH3 is 1. The van der Waals surface area contributed by atoms with Crippen molar-refractivity contribution in [2.45, 2.75) is 6.54 Å². The molecule has 1 fully saturated rings. The first-order chi connectivity index (χ1) is 10.2. The number of nitrogens with one attached hydrogen (secondary N) is 2. The van der Waals surface area contributed by atoms with E-state index in [1.54, 1.807) is 13.2 Å². The lowest BCUT2D eigenvalue weighted by molar-refractivity contribution is -0.907. The Morgan fingerprint density at radius 3 is 2.95 bits per heavy atom. The molecule has 1 saturated heterocycles. The van der Waals surface area contributed by atoms with E-state index in [9.17, 15) is 9.59 Å². The largest absolute Gasteiger partial charge is 0.497 e. The van der Waals surface area contributed by atoms with Gasteiger partial charge in [0.25, 0.3) is 5.91 Å². The summed E-state index contributed by atoms with van der Waals surface area (Å²) in [6, 6.07) is 6.94. The maximum Gasteiger partial charge on any atom is 0.336 e. The maximum atomic E-state index is 11.7. The van der Waals surface area contributed by atoms with Crippen LogP contribution < -0.4 is 20.6 Å². The molecule has 2 N–H and O–H groups in total. The number of hydrogen-bond acceptors (Lipinski definition) is 4. The minimum absolute atomic E-state index is 0.0465. The summed E-state index contributed by atoms with van der Waals surface area (Å²) in [7, 11) is 1.57. The number of hydrogen-bond donors (Lipinski definition) is 2. The summed E-state index contributed by atoms with van der Waals surface area (Å²) in [5.74, 6) is 0.692. The van der Waals surface area contributed by atoms with E-state index in [0.717, 1.165) is 22.4 Å². The number of amides is 1. The Hall–Kier alpha value is -2.34. The molecule has 2 heterocycles. The predicted octanol–water partition coefficient (Wildman–Crippen LogP) is -0.684. The smallest absolute Gasteiger partial charge is 0.336 e. The molecule has 21 heavy (non-hydrogen) atoms. The minimum atomic E-state index is -0.383. The molecule has 6 nitrogen and oxygen atoms in total. The van der Waals surface area contributed by atoms with Crippen LogP contribution in [-0.2, 0) is 11.3 Å². The fourth-order valence-electron chi connectivity index (χ4n) is 2.66. The van der Waals surface area contributed by atoms with Crippen molar-refractivity contribution >= 4 is 16.9 Å². The van der Waals surface area contributed by atoms with Crippen LogP contribution in [0.2, 0.25) is 0 Å². The molecule has 0 bridgehead atoms. The quantitative estimate of drug-likeness (QED) is 0.734. The highest BCUT2D eigenvalue weighted by Crippen LogP contribution is 2.22. The summed E-state index contributed by atoms with van der Waals surface area (Å²) in [6.07, 6.45) is 0. The Morgan fingerprint density at radius 1 is 1.33 bits per heavy atom. The first-order valence-electron chi connectivity index (χ1n) is 6.87. The van der Waals surface area contributed by atoms with Gasteiger partial charge in [-0.2, -0.15) is 0 Å². The van der Waals surface area contributed by atoms with Gasteiger partial charge in [0.1, 0.15) is 17.9 Å². The van der Waals surface area contributed by atoms with Gasteiger partial charge in [-0.15, -0.1) is 0 Å². The summed E-state index contributed by atoms with van der Waals surface area (Å²) in [5, 5.41) is 3.69. The van der Waals surface area contributed by atoms with Crippen LogP contribution in [0.25, 0.3) is 11.0 Å². The number of rotatable bonds is 3. The van der Waals surface area contributed by atoms with Crippen molar-refractivity contribution in [2.75, 3.05) is 26.7 Å². The van der Waals surface area contributed by atoms with Crippen LogP contribution in [0.3, 0.4) is 0 Å². The van der Waals surface area contributed by atoms with E-state index in [1.165, 1.54) is 6.07 Å². The van der Waals surface area contributed by atoms with Gasteiger partial charge < -0.3 is 19.4 Å². The van der Waals surface area contributed by atoms with E-state index in [0.29, 0.717) is 31.0 Å². The standard InChI is InChI=1S/C15H16N2O4/c1-20-11-2-3-12-10(6-15(19)21-13(12)7-11)8-17-5-4-16-14(18)9-17/h2-3,6-7H,4-5,8-9H2,1H3,(H,16,18)/p+1. The third-order valence-electron chi connectivity index (χ3n) is 3.69. The maximum absolute atomic E-state index is 11.7. The number of quaternary nitrogens is 1. The van der Waals surface area contributed by atoms with E-state index in [1.807, 2.05) is 12.1 Å². The normalized spacial score (nSPS) is 18.5. The van der Waals surface area contributed by atoms with Gasteiger partial charge in [-0.05, 0) is 12.1 Å². The van der Waals surface area contributed by atoms with E-state index >= 15 is 0 Å². The third kappa shape index (κ3) is 2.90. The summed E-state index contributed by atoms with van der Waals surface area (Å²) in [5.41, 5.74) is 1.03. The van der Waals surface area contributed by atoms with Gasteiger partial charge in [0, 0.05) is 23.1 Å². The number of carbonyl (C=O) groups excluding carboxylic acids is 1. The SMILES string of the molecule is COc1ccc2c(C[NH+]3CCNC(=O)C3)cc(=O)oc2c1. The molecule has 1 amide bonds. The zero-order valence-electron chi connectivity index (χ0n) is 11.8. The number of benzene rings is 1. The second kappa shape index (κ2) is 5.57. The van der Waals surface area contributed by atoms with Crippen molar-refractivity contribution in [1.29, 1.82) is 0 Å². The van der Waals surface area contributed by atoms with Crippen LogP contribution in [0.5, 0.6) is 5.75 Å². The zero-order valence-corrected chi connectivity index (χ0v) is 11.8. The molecule has 6 heteroatoms. The van der Waals surface area contributed by atoms with Gasteiger partial charge in [-0.3, -0.25) is 4.79 Å². The van der Waals surface area contributed by atoms with Crippen LogP contribution in [-0.4, -0.2) is 32.7 Å². The highest BCUT2D eigenvalue weighted by molar-refractivity contribution is 5.81. The molecule has 1 atom stereocenters. The highest BCUT2D eigenvalue weighted by atomic mass is 16.5. The molecule has 110 valence electrons. The molecule has 0 aliphatic carbocycles. The van der Waals surface area contributed by atoms with Gasteiger partial charge in [-0.25, -0.2) is 4.79 Å². The van der Waals surface area contributed by atoms with Gasteiger partial charge in [-0.1, -0.05) is 0 Å². The van der Waals surface area contributed by atoms with Gasteiger partial charge in [0.05, 0.1) is 20.2 Å². The molecule has 1 unspecified atom stereocenters. The molecule has 2 aromatic rings.